The van der Waals surface area contributed by atoms with Gasteiger partial charge in [-0.15, -0.1) is 0 Å². The number of rotatable bonds is 4. The molecule has 4 heteroatoms. The van der Waals surface area contributed by atoms with E-state index in [1.807, 2.05) is 29.2 Å². The molecule has 2 bridgehead atoms. The zero-order valence-corrected chi connectivity index (χ0v) is 15.1. The molecule has 0 spiro atoms. The van der Waals surface area contributed by atoms with Crippen LogP contribution in [-0.4, -0.2) is 42.6 Å². The van der Waals surface area contributed by atoms with Crippen molar-refractivity contribution in [3.63, 3.8) is 0 Å². The van der Waals surface area contributed by atoms with E-state index in [2.05, 4.69) is 5.32 Å². The van der Waals surface area contributed by atoms with Crippen molar-refractivity contribution in [3.05, 3.63) is 29.8 Å². The number of carbonyl (C=O) groups is 1. The Morgan fingerprint density at radius 2 is 1.76 bits per heavy atom. The third-order valence-electron chi connectivity index (χ3n) is 6.12. The van der Waals surface area contributed by atoms with Crippen LogP contribution in [0.3, 0.4) is 0 Å². The fraction of sp³-hybridized carbons (Fsp3) is 0.667. The van der Waals surface area contributed by atoms with Crippen LogP contribution in [0.5, 0.6) is 5.75 Å². The van der Waals surface area contributed by atoms with Gasteiger partial charge < -0.3 is 15.0 Å². The van der Waals surface area contributed by atoms with Crippen LogP contribution in [0.2, 0.25) is 0 Å². The molecule has 2 unspecified atom stereocenters. The van der Waals surface area contributed by atoms with Crippen LogP contribution < -0.4 is 10.1 Å². The zero-order valence-electron chi connectivity index (χ0n) is 15.1. The van der Waals surface area contributed by atoms with Crippen molar-refractivity contribution in [3.8, 4) is 5.75 Å². The van der Waals surface area contributed by atoms with Crippen molar-refractivity contribution in [1.82, 2.24) is 10.2 Å². The van der Waals surface area contributed by atoms with Gasteiger partial charge in [0, 0.05) is 30.7 Å². The average molecular weight is 342 g/mol. The summed E-state index contributed by atoms with van der Waals surface area (Å²) in [4.78, 5) is 14.8. The molecule has 2 heterocycles. The first kappa shape index (κ1) is 16.9. The standard InChI is InChI=1S/C21H30N2O2/c24-21(23-13-12-18-8-9-19(14-23)22-18)17-6-10-20(11-7-17)25-15-16-4-2-1-3-5-16/h6-7,10-11,16,18-19,22H,1-5,8-9,12-15H2. The van der Waals surface area contributed by atoms with E-state index < -0.39 is 0 Å². The number of nitrogens with one attached hydrogen (secondary N) is 1. The van der Waals surface area contributed by atoms with E-state index in [0.29, 0.717) is 18.0 Å². The van der Waals surface area contributed by atoms with Crippen molar-refractivity contribution in [1.29, 1.82) is 0 Å². The van der Waals surface area contributed by atoms with Crippen LogP contribution in [0.15, 0.2) is 24.3 Å². The van der Waals surface area contributed by atoms with Gasteiger partial charge in [-0.25, -0.2) is 0 Å². The summed E-state index contributed by atoms with van der Waals surface area (Å²) in [6.07, 6.45) is 10.2. The van der Waals surface area contributed by atoms with Gasteiger partial charge in [-0.2, -0.15) is 0 Å². The van der Waals surface area contributed by atoms with Crippen LogP contribution in [-0.2, 0) is 0 Å². The molecule has 25 heavy (non-hydrogen) atoms. The quantitative estimate of drug-likeness (QED) is 0.909. The molecule has 3 fully saturated rings. The van der Waals surface area contributed by atoms with E-state index in [-0.39, 0.29) is 5.91 Å². The summed E-state index contributed by atoms with van der Waals surface area (Å²) in [7, 11) is 0. The summed E-state index contributed by atoms with van der Waals surface area (Å²) >= 11 is 0. The van der Waals surface area contributed by atoms with Gasteiger partial charge in [0.25, 0.3) is 5.91 Å². The normalized spacial score (nSPS) is 27.1. The lowest BCUT2D eigenvalue weighted by molar-refractivity contribution is 0.0748. The molecule has 1 amide bonds. The number of nitrogens with zero attached hydrogens (tertiary/aromatic N) is 1. The largest absolute Gasteiger partial charge is 0.493 e. The molecular formula is C21H30N2O2. The number of hydrogen-bond acceptors (Lipinski definition) is 3. The molecule has 4 rings (SSSR count). The number of benzene rings is 1. The molecule has 2 saturated heterocycles. The molecule has 1 aromatic carbocycles. The summed E-state index contributed by atoms with van der Waals surface area (Å²) < 4.78 is 5.95. The monoisotopic (exact) mass is 342 g/mol. The Morgan fingerprint density at radius 3 is 2.56 bits per heavy atom. The minimum absolute atomic E-state index is 0.160. The molecule has 2 aliphatic heterocycles. The summed E-state index contributed by atoms with van der Waals surface area (Å²) in [6, 6.07) is 8.86. The van der Waals surface area contributed by atoms with Crippen molar-refractivity contribution in [2.45, 2.75) is 63.5 Å². The molecule has 1 aliphatic carbocycles. The van der Waals surface area contributed by atoms with Gasteiger partial charge in [-0.1, -0.05) is 19.3 Å². The Hall–Kier alpha value is -1.55. The highest BCUT2D eigenvalue weighted by molar-refractivity contribution is 5.94. The Bertz CT molecular complexity index is 580. The Labute approximate surface area is 150 Å². The van der Waals surface area contributed by atoms with Crippen molar-refractivity contribution >= 4 is 5.91 Å². The predicted octanol–water partition coefficient (Wildman–Crippen LogP) is 3.61. The fourth-order valence-electron chi connectivity index (χ4n) is 4.57. The first-order valence-electron chi connectivity index (χ1n) is 10.1. The molecule has 1 aromatic rings. The minimum Gasteiger partial charge on any atom is -0.493 e. The van der Waals surface area contributed by atoms with Crippen LogP contribution in [0.1, 0.15) is 61.7 Å². The third-order valence-corrected chi connectivity index (χ3v) is 6.12. The van der Waals surface area contributed by atoms with E-state index >= 15 is 0 Å². The Balaban J connectivity index is 1.32. The second-order valence-electron chi connectivity index (χ2n) is 8.02. The number of ether oxygens (including phenoxy) is 1. The molecule has 4 nitrogen and oxygen atoms in total. The molecular weight excluding hydrogens is 312 g/mol. The topological polar surface area (TPSA) is 41.6 Å². The van der Waals surface area contributed by atoms with Gasteiger partial charge in [-0.3, -0.25) is 4.79 Å². The molecule has 1 N–H and O–H groups in total. The van der Waals surface area contributed by atoms with Gasteiger partial charge in [-0.05, 0) is 62.3 Å². The van der Waals surface area contributed by atoms with E-state index in [9.17, 15) is 4.79 Å². The number of likely N-dealkylation sites (tertiary alicyclic amines) is 1. The molecule has 1 saturated carbocycles. The van der Waals surface area contributed by atoms with Crippen molar-refractivity contribution in [2.75, 3.05) is 19.7 Å². The van der Waals surface area contributed by atoms with E-state index in [1.54, 1.807) is 0 Å². The number of amides is 1. The van der Waals surface area contributed by atoms with E-state index in [4.69, 9.17) is 4.74 Å². The maximum absolute atomic E-state index is 12.8. The van der Waals surface area contributed by atoms with Crippen LogP contribution >= 0.6 is 0 Å². The smallest absolute Gasteiger partial charge is 0.253 e. The third kappa shape index (κ3) is 4.17. The number of hydrogen-bond donors (Lipinski definition) is 1. The summed E-state index contributed by atoms with van der Waals surface area (Å²) in [5.74, 6) is 1.75. The van der Waals surface area contributed by atoms with Gasteiger partial charge in [0.05, 0.1) is 6.61 Å². The van der Waals surface area contributed by atoms with Gasteiger partial charge in [0.15, 0.2) is 0 Å². The molecule has 0 radical (unpaired) electrons. The maximum Gasteiger partial charge on any atom is 0.253 e. The second-order valence-corrected chi connectivity index (χ2v) is 8.02. The summed E-state index contributed by atoms with van der Waals surface area (Å²) in [5.41, 5.74) is 0.780. The SMILES string of the molecule is O=C(c1ccc(OCC2CCCCC2)cc1)N1CCC2CCC(C1)N2. The first-order valence-corrected chi connectivity index (χ1v) is 10.1. The fourth-order valence-corrected chi connectivity index (χ4v) is 4.57. The predicted molar refractivity (Wildman–Crippen MR) is 99.0 cm³/mol. The molecule has 3 aliphatic rings. The lowest BCUT2D eigenvalue weighted by Crippen LogP contribution is -2.39. The highest BCUT2D eigenvalue weighted by Gasteiger charge is 2.31. The first-order chi connectivity index (χ1) is 12.3. The summed E-state index contributed by atoms with van der Waals surface area (Å²) in [5, 5.41) is 3.63. The minimum atomic E-state index is 0.160. The molecule has 0 aromatic heterocycles. The van der Waals surface area contributed by atoms with Crippen LogP contribution in [0, 0.1) is 5.92 Å². The van der Waals surface area contributed by atoms with E-state index in [0.717, 1.165) is 37.4 Å². The van der Waals surface area contributed by atoms with Crippen LogP contribution in [0.4, 0.5) is 0 Å². The zero-order chi connectivity index (χ0) is 17.1. The summed E-state index contributed by atoms with van der Waals surface area (Å²) in [6.45, 7) is 2.52. The molecule has 2 atom stereocenters. The number of fused-ring (bicyclic) bond motifs is 2. The van der Waals surface area contributed by atoms with Gasteiger partial charge in [0.1, 0.15) is 5.75 Å². The van der Waals surface area contributed by atoms with Gasteiger partial charge in [0.2, 0.25) is 0 Å². The molecule has 136 valence electrons. The lowest BCUT2D eigenvalue weighted by Gasteiger charge is -2.24. The highest BCUT2D eigenvalue weighted by atomic mass is 16.5. The average Bonchev–Trinajstić information content (AvgIpc) is 2.99. The van der Waals surface area contributed by atoms with E-state index in [1.165, 1.54) is 44.9 Å². The highest BCUT2D eigenvalue weighted by Crippen LogP contribution is 2.25. The Kier molecular flexibility index (Phi) is 5.25. The lowest BCUT2D eigenvalue weighted by atomic mass is 9.90. The van der Waals surface area contributed by atoms with Crippen molar-refractivity contribution < 1.29 is 9.53 Å². The maximum atomic E-state index is 12.8. The Morgan fingerprint density at radius 1 is 1.00 bits per heavy atom. The van der Waals surface area contributed by atoms with Crippen molar-refractivity contribution in [2.24, 2.45) is 5.92 Å². The second kappa shape index (κ2) is 7.77. The van der Waals surface area contributed by atoms with Crippen LogP contribution in [0.25, 0.3) is 0 Å². The number of carbonyl (C=O) groups excluding carboxylic acids is 1. The van der Waals surface area contributed by atoms with Gasteiger partial charge >= 0.3 is 0 Å².